The summed E-state index contributed by atoms with van der Waals surface area (Å²) in [5.41, 5.74) is 3.22. The molecule has 0 bridgehead atoms. The van der Waals surface area contributed by atoms with E-state index in [2.05, 4.69) is 5.32 Å². The predicted octanol–water partition coefficient (Wildman–Crippen LogP) is 4.00. The van der Waals surface area contributed by atoms with Gasteiger partial charge in [0.25, 0.3) is 0 Å². The average Bonchev–Trinajstić information content (AvgIpc) is 3.30. The van der Waals surface area contributed by atoms with Gasteiger partial charge in [-0.3, -0.25) is 4.79 Å². The number of fused-ring (bicyclic) bond motifs is 1. The van der Waals surface area contributed by atoms with Crippen LogP contribution in [0.3, 0.4) is 0 Å². The first-order valence-electron chi connectivity index (χ1n) is 11.0. The third-order valence-electron chi connectivity index (χ3n) is 6.22. The van der Waals surface area contributed by atoms with Crippen molar-refractivity contribution < 1.29 is 23.7 Å². The number of allylic oxidation sites excluding steroid dienone is 2. The van der Waals surface area contributed by atoms with Crippen molar-refractivity contribution in [1.29, 1.82) is 0 Å². The molecule has 1 aliphatic heterocycles. The SMILES string of the molecule is COc1ccc(-c2nc3n(n2)[C@@H](c2cc(OC)c(OC)c(OC)c2)C2=C(CCCC2=O)N3)cc1. The van der Waals surface area contributed by atoms with Crippen LogP contribution in [0, 0.1) is 0 Å². The topological polar surface area (TPSA) is 96.7 Å². The molecule has 9 nitrogen and oxygen atoms in total. The molecule has 3 aromatic rings. The molecule has 34 heavy (non-hydrogen) atoms. The van der Waals surface area contributed by atoms with Crippen LogP contribution >= 0.6 is 0 Å². The van der Waals surface area contributed by atoms with Crippen molar-refractivity contribution in [2.24, 2.45) is 0 Å². The summed E-state index contributed by atoms with van der Waals surface area (Å²) in [7, 11) is 6.33. The zero-order valence-electron chi connectivity index (χ0n) is 19.5. The third kappa shape index (κ3) is 3.53. The zero-order valence-corrected chi connectivity index (χ0v) is 19.5. The number of carbonyl (C=O) groups excluding carboxylic acids is 1. The molecule has 9 heteroatoms. The van der Waals surface area contributed by atoms with Gasteiger partial charge in [0.15, 0.2) is 23.1 Å². The normalized spacial score (nSPS) is 16.9. The summed E-state index contributed by atoms with van der Waals surface area (Å²) in [6, 6.07) is 10.8. The number of hydrogen-bond donors (Lipinski definition) is 1. The van der Waals surface area contributed by atoms with Gasteiger partial charge in [-0.15, -0.1) is 5.10 Å². The monoisotopic (exact) mass is 462 g/mol. The van der Waals surface area contributed by atoms with Gasteiger partial charge in [-0.2, -0.15) is 4.98 Å². The van der Waals surface area contributed by atoms with Crippen LogP contribution < -0.4 is 24.3 Å². The molecule has 2 aromatic carbocycles. The number of benzene rings is 2. The molecule has 0 unspecified atom stereocenters. The van der Waals surface area contributed by atoms with E-state index >= 15 is 0 Å². The number of carbonyl (C=O) groups is 1. The van der Waals surface area contributed by atoms with Crippen LogP contribution in [-0.2, 0) is 4.79 Å². The fourth-order valence-corrected chi connectivity index (χ4v) is 4.59. The van der Waals surface area contributed by atoms with Gasteiger partial charge in [0.05, 0.1) is 28.4 Å². The van der Waals surface area contributed by atoms with E-state index in [1.165, 1.54) is 0 Å². The van der Waals surface area contributed by atoms with Crippen molar-refractivity contribution >= 4 is 11.7 Å². The van der Waals surface area contributed by atoms with Gasteiger partial charge in [0.1, 0.15) is 11.8 Å². The average molecular weight is 463 g/mol. The number of nitrogens with zero attached hydrogens (tertiary/aromatic N) is 3. The maximum Gasteiger partial charge on any atom is 0.226 e. The van der Waals surface area contributed by atoms with Gasteiger partial charge in [0.2, 0.25) is 11.7 Å². The molecule has 0 amide bonds. The number of ketones is 1. The van der Waals surface area contributed by atoms with Gasteiger partial charge in [-0.25, -0.2) is 4.68 Å². The molecule has 0 saturated heterocycles. The van der Waals surface area contributed by atoms with Gasteiger partial charge in [0, 0.05) is 23.3 Å². The summed E-state index contributed by atoms with van der Waals surface area (Å²) < 4.78 is 23.7. The lowest BCUT2D eigenvalue weighted by molar-refractivity contribution is -0.116. The van der Waals surface area contributed by atoms with E-state index < -0.39 is 6.04 Å². The molecule has 5 rings (SSSR count). The Labute approximate surface area is 197 Å². The van der Waals surface area contributed by atoms with E-state index in [-0.39, 0.29) is 5.78 Å². The Balaban J connectivity index is 1.68. The summed E-state index contributed by atoms with van der Waals surface area (Å²) in [5.74, 6) is 3.50. The number of hydrogen-bond acceptors (Lipinski definition) is 8. The number of rotatable bonds is 6. The molecular formula is C25H26N4O5. The van der Waals surface area contributed by atoms with Crippen LogP contribution in [0.2, 0.25) is 0 Å². The van der Waals surface area contributed by atoms with Gasteiger partial charge < -0.3 is 24.3 Å². The summed E-state index contributed by atoms with van der Waals surface area (Å²) in [6.45, 7) is 0. The van der Waals surface area contributed by atoms with E-state index in [1.54, 1.807) is 33.1 Å². The molecule has 176 valence electrons. The minimum Gasteiger partial charge on any atom is -0.497 e. The number of methoxy groups -OCH3 is 4. The quantitative estimate of drug-likeness (QED) is 0.587. The number of ether oxygens (including phenoxy) is 4. The zero-order chi connectivity index (χ0) is 23.8. The van der Waals surface area contributed by atoms with E-state index in [1.807, 2.05) is 36.4 Å². The second kappa shape index (κ2) is 8.74. The third-order valence-corrected chi connectivity index (χ3v) is 6.22. The largest absolute Gasteiger partial charge is 0.497 e. The smallest absolute Gasteiger partial charge is 0.226 e. The minimum atomic E-state index is -0.479. The number of Topliss-reactive ketones (excluding diaryl/α,β-unsaturated/α-hetero) is 1. The van der Waals surface area contributed by atoms with Crippen molar-refractivity contribution in [3.63, 3.8) is 0 Å². The lowest BCUT2D eigenvalue weighted by Crippen LogP contribution is -2.31. The Kier molecular flexibility index (Phi) is 5.61. The highest BCUT2D eigenvalue weighted by Gasteiger charge is 2.37. The molecule has 0 saturated carbocycles. The second-order valence-electron chi connectivity index (χ2n) is 8.09. The van der Waals surface area contributed by atoms with Crippen molar-refractivity contribution in [2.75, 3.05) is 33.8 Å². The lowest BCUT2D eigenvalue weighted by Gasteiger charge is -2.32. The fraction of sp³-hybridized carbons (Fsp3) is 0.320. The molecular weight excluding hydrogens is 436 g/mol. The molecule has 0 fully saturated rings. The molecule has 0 spiro atoms. The Morgan fingerprint density at radius 3 is 2.26 bits per heavy atom. The summed E-state index contributed by atoms with van der Waals surface area (Å²) in [6.07, 6.45) is 2.07. The van der Waals surface area contributed by atoms with Gasteiger partial charge >= 0.3 is 0 Å². The predicted molar refractivity (Wildman–Crippen MR) is 126 cm³/mol. The summed E-state index contributed by atoms with van der Waals surface area (Å²) >= 11 is 0. The van der Waals surface area contributed by atoms with Crippen molar-refractivity contribution in [3.05, 3.63) is 53.2 Å². The summed E-state index contributed by atoms with van der Waals surface area (Å²) in [5, 5.41) is 8.17. The first-order chi connectivity index (χ1) is 16.6. The second-order valence-corrected chi connectivity index (χ2v) is 8.09. The van der Waals surface area contributed by atoms with E-state index in [0.717, 1.165) is 35.4 Å². The van der Waals surface area contributed by atoms with Gasteiger partial charge in [-0.05, 0) is 54.8 Å². The molecule has 1 aromatic heterocycles. The molecule has 0 radical (unpaired) electrons. The molecule has 2 heterocycles. The fourth-order valence-electron chi connectivity index (χ4n) is 4.59. The Bertz CT molecular complexity index is 1250. The molecule has 2 aliphatic rings. The number of anilines is 1. The van der Waals surface area contributed by atoms with Crippen LogP contribution in [0.15, 0.2) is 47.7 Å². The van der Waals surface area contributed by atoms with E-state index in [9.17, 15) is 4.79 Å². The Morgan fingerprint density at radius 1 is 0.941 bits per heavy atom. The van der Waals surface area contributed by atoms with Crippen molar-refractivity contribution in [3.8, 4) is 34.4 Å². The highest BCUT2D eigenvalue weighted by molar-refractivity contribution is 5.99. The Hall–Kier alpha value is -4.01. The van der Waals surface area contributed by atoms with E-state index in [4.69, 9.17) is 29.0 Å². The maximum atomic E-state index is 13.1. The first-order valence-corrected chi connectivity index (χ1v) is 11.0. The lowest BCUT2D eigenvalue weighted by atomic mass is 9.85. The molecule has 1 atom stereocenters. The molecule has 1 aliphatic carbocycles. The van der Waals surface area contributed by atoms with Crippen LogP contribution in [-0.4, -0.2) is 49.0 Å². The minimum absolute atomic E-state index is 0.0969. The van der Waals surface area contributed by atoms with Crippen LogP contribution in [0.5, 0.6) is 23.0 Å². The standard InChI is InChI=1S/C25H26N4O5/c1-31-16-10-8-14(9-11-16)24-27-25-26-17-6-5-7-18(30)21(17)22(29(25)28-24)15-12-19(32-2)23(34-4)20(13-15)33-3/h8-13,22H,5-7H2,1-4H3,(H,26,27,28)/t22-/m0/s1. The maximum absolute atomic E-state index is 13.1. The first kappa shape index (κ1) is 21.8. The van der Waals surface area contributed by atoms with Gasteiger partial charge in [-0.1, -0.05) is 0 Å². The van der Waals surface area contributed by atoms with E-state index in [0.29, 0.717) is 41.0 Å². The Morgan fingerprint density at radius 2 is 1.65 bits per heavy atom. The van der Waals surface area contributed by atoms with Crippen molar-refractivity contribution in [2.45, 2.75) is 25.3 Å². The van der Waals surface area contributed by atoms with Crippen molar-refractivity contribution in [1.82, 2.24) is 14.8 Å². The highest BCUT2D eigenvalue weighted by Crippen LogP contribution is 2.45. The number of aromatic nitrogens is 3. The van der Waals surface area contributed by atoms with Crippen LogP contribution in [0.1, 0.15) is 30.9 Å². The van der Waals surface area contributed by atoms with Crippen LogP contribution in [0.25, 0.3) is 11.4 Å². The highest BCUT2D eigenvalue weighted by atomic mass is 16.5. The molecule has 1 N–H and O–H groups in total. The van der Waals surface area contributed by atoms with Crippen LogP contribution in [0.4, 0.5) is 5.95 Å². The summed E-state index contributed by atoms with van der Waals surface area (Å²) in [4.78, 5) is 17.9. The number of nitrogens with one attached hydrogen (secondary N) is 1.